The number of hydrogen-bond donors (Lipinski definition) is 3. The van der Waals surface area contributed by atoms with Crippen LogP contribution in [0.1, 0.15) is 362 Å². The third-order valence-corrected chi connectivity index (χ3v) is 17.4. The molecular weight excluding hydrogens is 1120 g/mol. The molecular formula is C75H142N4O10. The van der Waals surface area contributed by atoms with Crippen LogP contribution in [0.3, 0.4) is 0 Å². The quantitative estimate of drug-likeness (QED) is 0.0227. The zero-order valence-electron chi connectivity index (χ0n) is 58.6. The van der Waals surface area contributed by atoms with Crippen LogP contribution in [0, 0.1) is 0 Å². The van der Waals surface area contributed by atoms with E-state index in [4.69, 9.17) is 19.3 Å². The molecule has 0 rings (SSSR count). The molecule has 0 aliphatic rings. The van der Waals surface area contributed by atoms with Crippen molar-refractivity contribution in [1.29, 1.82) is 0 Å². The summed E-state index contributed by atoms with van der Waals surface area (Å²) >= 11 is 0. The van der Waals surface area contributed by atoms with E-state index in [0.717, 1.165) is 206 Å². The van der Waals surface area contributed by atoms with E-state index >= 15 is 0 Å². The summed E-state index contributed by atoms with van der Waals surface area (Å²) in [7, 11) is 0. The Kier molecular flexibility index (Phi) is 66.1. The number of hydrogen-bond acceptors (Lipinski definition) is 11. The Hall–Kier alpha value is -3.52. The fourth-order valence-electron chi connectivity index (χ4n) is 11.6. The maximum Gasteiger partial charge on any atom is 0.306 e. The summed E-state index contributed by atoms with van der Waals surface area (Å²) in [6.07, 6.45) is 58.1. The number of carbonyl (C=O) groups excluding carboxylic acids is 5. The lowest BCUT2D eigenvalue weighted by molar-refractivity contribution is -0.150. The molecule has 0 unspecified atom stereocenters. The van der Waals surface area contributed by atoms with Crippen molar-refractivity contribution in [3.63, 3.8) is 0 Å². The predicted molar refractivity (Wildman–Crippen MR) is 370 cm³/mol. The molecule has 0 aliphatic carbocycles. The van der Waals surface area contributed by atoms with Gasteiger partial charge in [-0.15, -0.1) is 0 Å². The number of carboxylic acid groups (broad SMARTS) is 1. The van der Waals surface area contributed by atoms with Crippen LogP contribution in [0.4, 0.5) is 0 Å². The van der Waals surface area contributed by atoms with Crippen LogP contribution in [-0.4, -0.2) is 122 Å². The van der Waals surface area contributed by atoms with Gasteiger partial charge in [-0.1, -0.05) is 246 Å². The molecule has 522 valence electrons. The van der Waals surface area contributed by atoms with E-state index in [-0.39, 0.29) is 42.2 Å². The third kappa shape index (κ3) is 65.8. The van der Waals surface area contributed by atoms with Crippen molar-refractivity contribution in [3.05, 3.63) is 12.2 Å². The first-order valence-corrected chi connectivity index (χ1v) is 37.9. The van der Waals surface area contributed by atoms with Crippen molar-refractivity contribution in [1.82, 2.24) is 20.4 Å². The minimum atomic E-state index is -0.742. The topological polar surface area (TPSA) is 181 Å². The predicted octanol–water partition coefficient (Wildman–Crippen LogP) is 18.8. The third-order valence-electron chi connectivity index (χ3n) is 17.4. The number of esters is 3. The minimum Gasteiger partial charge on any atom is -0.481 e. The number of nitrogens with zero attached hydrogens (tertiary/aromatic N) is 2. The maximum atomic E-state index is 13.0. The Morgan fingerprint density at radius 3 is 0.921 bits per heavy atom. The van der Waals surface area contributed by atoms with Gasteiger partial charge in [-0.3, -0.25) is 28.8 Å². The number of unbranched alkanes of at least 4 members (excludes halogenated alkanes) is 38. The van der Waals surface area contributed by atoms with Gasteiger partial charge in [-0.25, -0.2) is 0 Å². The van der Waals surface area contributed by atoms with E-state index in [9.17, 15) is 28.8 Å². The lowest BCUT2D eigenvalue weighted by Gasteiger charge is -2.22. The molecule has 0 fully saturated rings. The van der Waals surface area contributed by atoms with Crippen molar-refractivity contribution in [2.45, 2.75) is 368 Å². The molecule has 0 saturated heterocycles. The van der Waals surface area contributed by atoms with Crippen LogP contribution in [0.15, 0.2) is 12.2 Å². The molecule has 0 radical (unpaired) electrons. The fourth-order valence-corrected chi connectivity index (χ4v) is 11.6. The first-order chi connectivity index (χ1) is 43.5. The second-order valence-corrected chi connectivity index (χ2v) is 26.0. The number of ether oxygens (including phenoxy) is 3. The number of carbonyl (C=O) groups is 6. The number of aliphatic carboxylic acids is 1. The molecule has 3 N–H and O–H groups in total. The molecule has 14 nitrogen and oxygen atoms in total. The summed E-state index contributed by atoms with van der Waals surface area (Å²) in [4.78, 5) is 79.0. The van der Waals surface area contributed by atoms with Gasteiger partial charge in [0, 0.05) is 64.0 Å². The highest BCUT2D eigenvalue weighted by molar-refractivity contribution is 5.96. The van der Waals surface area contributed by atoms with Crippen LogP contribution in [0.25, 0.3) is 0 Å². The molecule has 0 aromatic carbocycles. The summed E-state index contributed by atoms with van der Waals surface area (Å²) < 4.78 is 17.1. The fraction of sp³-hybridized carbons (Fsp3) is 0.893. The standard InChI is InChI=1S/C75H142N4O10/c1-5-9-13-17-21-30-42-54-73(84)87-67-49-37-25-35-47-63-78(61-45-33-23-29-41-53-72(82)83)65-59-76-70(80)57-58-71(81)77-60-66-79(64-48-36-26-38-50-68-88-74(85)55-43-31-22-18-14-10-6-2)62-46-34-24-32-44-56-75(86)89-69(51-39-27-19-15-11-7-3)52-40-28-20-16-12-8-4/h57-58,69H,5-56,59-68H2,1-4H3,(H,76,80)(H,77,81)(H,82,83)/b58-57+. The largest absolute Gasteiger partial charge is 0.481 e. The molecule has 0 aromatic rings. The molecule has 2 amide bonds. The highest BCUT2D eigenvalue weighted by atomic mass is 16.5. The number of rotatable bonds is 71. The second-order valence-electron chi connectivity index (χ2n) is 26.0. The Bertz CT molecular complexity index is 1630. The molecule has 0 spiro atoms. The smallest absolute Gasteiger partial charge is 0.306 e. The Morgan fingerprint density at radius 1 is 0.326 bits per heavy atom. The first kappa shape index (κ1) is 85.5. The Labute approximate surface area is 547 Å². The van der Waals surface area contributed by atoms with Crippen molar-refractivity contribution < 1.29 is 48.1 Å². The van der Waals surface area contributed by atoms with Gasteiger partial charge in [0.25, 0.3) is 0 Å². The molecule has 0 heterocycles. The molecule has 0 saturated carbocycles. The minimum absolute atomic E-state index is 0.0272. The highest BCUT2D eigenvalue weighted by Crippen LogP contribution is 2.20. The van der Waals surface area contributed by atoms with Crippen molar-refractivity contribution in [3.8, 4) is 0 Å². The lowest BCUT2D eigenvalue weighted by Crippen LogP contribution is -2.36. The van der Waals surface area contributed by atoms with Crippen LogP contribution < -0.4 is 10.6 Å². The average molecular weight is 1260 g/mol. The summed E-state index contributed by atoms with van der Waals surface area (Å²) in [5.74, 6) is -1.49. The van der Waals surface area contributed by atoms with Crippen molar-refractivity contribution in [2.75, 3.05) is 65.6 Å². The molecule has 0 aromatic heterocycles. The zero-order chi connectivity index (χ0) is 65.0. The summed E-state index contributed by atoms with van der Waals surface area (Å²) in [6, 6.07) is 0. The molecule has 89 heavy (non-hydrogen) atoms. The van der Waals surface area contributed by atoms with E-state index in [1.165, 1.54) is 141 Å². The van der Waals surface area contributed by atoms with Gasteiger partial charge < -0.3 is 39.8 Å². The van der Waals surface area contributed by atoms with Gasteiger partial charge >= 0.3 is 23.9 Å². The number of amides is 2. The Morgan fingerprint density at radius 2 is 0.596 bits per heavy atom. The normalized spacial score (nSPS) is 11.6. The van der Waals surface area contributed by atoms with E-state index in [1.807, 2.05) is 0 Å². The van der Waals surface area contributed by atoms with Crippen LogP contribution >= 0.6 is 0 Å². The van der Waals surface area contributed by atoms with Gasteiger partial charge in [-0.05, 0) is 116 Å². The van der Waals surface area contributed by atoms with Crippen molar-refractivity contribution >= 4 is 35.7 Å². The molecule has 0 aliphatic heterocycles. The van der Waals surface area contributed by atoms with E-state index < -0.39 is 5.97 Å². The average Bonchev–Trinajstić information content (AvgIpc) is 3.54. The summed E-state index contributed by atoms with van der Waals surface area (Å²) in [6.45, 7) is 16.0. The highest BCUT2D eigenvalue weighted by Gasteiger charge is 2.15. The second kappa shape index (κ2) is 68.8. The van der Waals surface area contributed by atoms with E-state index in [1.54, 1.807) is 0 Å². The van der Waals surface area contributed by atoms with Gasteiger partial charge in [0.1, 0.15) is 6.10 Å². The lowest BCUT2D eigenvalue weighted by atomic mass is 10.0. The Balaban J connectivity index is 5.07. The molecule has 0 atom stereocenters. The van der Waals surface area contributed by atoms with Gasteiger partial charge in [0.2, 0.25) is 11.8 Å². The van der Waals surface area contributed by atoms with Crippen LogP contribution in [-0.2, 0) is 43.0 Å². The monoisotopic (exact) mass is 1260 g/mol. The van der Waals surface area contributed by atoms with E-state index in [0.29, 0.717) is 58.5 Å². The number of nitrogens with one attached hydrogen (secondary N) is 2. The maximum absolute atomic E-state index is 13.0. The van der Waals surface area contributed by atoms with Gasteiger partial charge in [0.05, 0.1) is 13.2 Å². The van der Waals surface area contributed by atoms with Crippen LogP contribution in [0.5, 0.6) is 0 Å². The number of carboxylic acids is 1. The van der Waals surface area contributed by atoms with E-state index in [2.05, 4.69) is 48.1 Å². The summed E-state index contributed by atoms with van der Waals surface area (Å²) in [5.41, 5.74) is 0. The van der Waals surface area contributed by atoms with Gasteiger partial charge in [0.15, 0.2) is 0 Å². The molecule has 14 heteroatoms. The molecule has 0 bridgehead atoms. The van der Waals surface area contributed by atoms with Crippen LogP contribution in [0.2, 0.25) is 0 Å². The SMILES string of the molecule is CCCCCCCCCC(=O)OCCCCCCCN(CCCCCCCC(=O)O)CCNC(=O)/C=C/C(=O)NCCN(CCCCCCCOC(=O)CCCCCCCCC)CCCCCCCC(=O)OC(CCCCCCCC)CCCCCCCC. The first-order valence-electron chi connectivity index (χ1n) is 37.9. The zero-order valence-corrected chi connectivity index (χ0v) is 58.6. The van der Waals surface area contributed by atoms with Crippen molar-refractivity contribution in [2.24, 2.45) is 0 Å². The summed E-state index contributed by atoms with van der Waals surface area (Å²) in [5, 5.41) is 15.0. The van der Waals surface area contributed by atoms with Gasteiger partial charge in [-0.2, -0.15) is 0 Å².